The van der Waals surface area contributed by atoms with Gasteiger partial charge in [0.1, 0.15) is 0 Å². The molecule has 1 aliphatic heterocycles. The van der Waals surface area contributed by atoms with Gasteiger partial charge < -0.3 is 10.2 Å². The molecule has 1 rings (SSSR count). The van der Waals surface area contributed by atoms with Crippen molar-refractivity contribution in [2.75, 3.05) is 0 Å². The highest BCUT2D eigenvalue weighted by atomic mass is 16.4. The molecule has 50 valence electrons. The first-order valence-electron chi connectivity index (χ1n) is 2.34. The van der Waals surface area contributed by atoms with Crippen molar-refractivity contribution < 1.29 is 19.8 Å². The van der Waals surface area contributed by atoms with Crippen molar-refractivity contribution in [3.05, 3.63) is 0 Å². The number of rotatable bonds is 0. The number of hydrogen-bond acceptors (Lipinski definition) is 4. The molecule has 3 N–H and O–H groups in total. The maximum atomic E-state index is 10.3. The number of hydrogen-bond donors (Lipinski definition) is 3. The van der Waals surface area contributed by atoms with E-state index in [1.165, 1.54) is 0 Å². The molecule has 5 nitrogen and oxygen atoms in total. The zero-order chi connectivity index (χ0) is 7.02. The third kappa shape index (κ3) is 0.797. The lowest BCUT2D eigenvalue weighted by molar-refractivity contribution is -0.129. The van der Waals surface area contributed by atoms with Crippen molar-refractivity contribution in [3.63, 3.8) is 0 Å². The number of carbonyl (C=O) groups is 2. The van der Waals surface area contributed by atoms with E-state index in [9.17, 15) is 9.59 Å². The molecular formula is C4H5NO4. The molecule has 0 saturated carbocycles. The Morgan fingerprint density at radius 2 is 1.44 bits per heavy atom. The fraction of sp³-hybridized carbons (Fsp3) is 0.500. The van der Waals surface area contributed by atoms with Crippen molar-refractivity contribution in [2.24, 2.45) is 0 Å². The summed E-state index contributed by atoms with van der Waals surface area (Å²) in [6, 6.07) is 0. The van der Waals surface area contributed by atoms with Crippen LogP contribution in [0.2, 0.25) is 0 Å². The molecule has 0 aromatic rings. The summed E-state index contributed by atoms with van der Waals surface area (Å²) in [7, 11) is 0. The zero-order valence-electron chi connectivity index (χ0n) is 4.37. The Balaban J connectivity index is 2.77. The van der Waals surface area contributed by atoms with E-state index in [1.807, 2.05) is 0 Å². The highest BCUT2D eigenvalue weighted by Gasteiger charge is 2.38. The summed E-state index contributed by atoms with van der Waals surface area (Å²) in [5, 5.41) is 18.8. The van der Waals surface area contributed by atoms with E-state index in [2.05, 4.69) is 0 Å². The standard InChI is InChI=1S/C4H5NO4/c6-1-2(7)4(9)5-3(1)8/h1-2,6-7H,(H,5,8,9). The van der Waals surface area contributed by atoms with Gasteiger partial charge in [-0.3, -0.25) is 14.9 Å². The maximum absolute atomic E-state index is 10.3. The van der Waals surface area contributed by atoms with E-state index < -0.39 is 24.0 Å². The lowest BCUT2D eigenvalue weighted by atomic mass is 10.2. The van der Waals surface area contributed by atoms with Gasteiger partial charge in [0.15, 0.2) is 12.2 Å². The topological polar surface area (TPSA) is 86.6 Å². The molecule has 0 bridgehead atoms. The summed E-state index contributed by atoms with van der Waals surface area (Å²) in [6.07, 6.45) is -3.17. The SMILES string of the molecule is O=C1NC(=O)C(O)C1O. The first-order chi connectivity index (χ1) is 4.13. The average molecular weight is 131 g/mol. The normalized spacial score (nSPS) is 34.9. The quantitative estimate of drug-likeness (QED) is 0.314. The minimum atomic E-state index is -1.59. The molecule has 1 aliphatic rings. The fourth-order valence-corrected chi connectivity index (χ4v) is 0.556. The van der Waals surface area contributed by atoms with Crippen LogP contribution in [0.4, 0.5) is 0 Å². The van der Waals surface area contributed by atoms with Gasteiger partial charge in [0.05, 0.1) is 0 Å². The van der Waals surface area contributed by atoms with Gasteiger partial charge in [-0.05, 0) is 0 Å². The van der Waals surface area contributed by atoms with Gasteiger partial charge in [-0.25, -0.2) is 0 Å². The Morgan fingerprint density at radius 3 is 1.56 bits per heavy atom. The summed E-state index contributed by atoms with van der Waals surface area (Å²) in [5.41, 5.74) is 0. The molecule has 9 heavy (non-hydrogen) atoms. The zero-order valence-corrected chi connectivity index (χ0v) is 4.37. The average Bonchev–Trinajstić information content (AvgIpc) is 1.98. The highest BCUT2D eigenvalue weighted by Crippen LogP contribution is 2.00. The smallest absolute Gasteiger partial charge is 0.258 e. The second-order valence-corrected chi connectivity index (χ2v) is 1.74. The number of nitrogens with one attached hydrogen (secondary N) is 1. The molecule has 1 fully saturated rings. The van der Waals surface area contributed by atoms with E-state index in [4.69, 9.17) is 10.2 Å². The number of aliphatic hydroxyl groups excluding tert-OH is 2. The van der Waals surface area contributed by atoms with Crippen molar-refractivity contribution in [2.45, 2.75) is 12.2 Å². The van der Waals surface area contributed by atoms with Crippen LogP contribution in [0.25, 0.3) is 0 Å². The fourth-order valence-electron chi connectivity index (χ4n) is 0.556. The van der Waals surface area contributed by atoms with Crippen LogP contribution in [0.15, 0.2) is 0 Å². The van der Waals surface area contributed by atoms with Gasteiger partial charge in [-0.15, -0.1) is 0 Å². The van der Waals surface area contributed by atoms with E-state index in [0.29, 0.717) is 0 Å². The summed E-state index contributed by atoms with van der Waals surface area (Å²) in [5.74, 6) is -1.68. The van der Waals surface area contributed by atoms with Crippen molar-refractivity contribution in [1.29, 1.82) is 0 Å². The minimum Gasteiger partial charge on any atom is -0.380 e. The molecule has 0 aromatic heterocycles. The highest BCUT2D eigenvalue weighted by molar-refractivity contribution is 6.07. The van der Waals surface area contributed by atoms with Gasteiger partial charge in [0.25, 0.3) is 11.8 Å². The predicted molar refractivity (Wildman–Crippen MR) is 25.2 cm³/mol. The van der Waals surface area contributed by atoms with Crippen LogP contribution < -0.4 is 5.32 Å². The third-order valence-corrected chi connectivity index (χ3v) is 1.08. The third-order valence-electron chi connectivity index (χ3n) is 1.08. The Morgan fingerprint density at radius 1 is 1.11 bits per heavy atom. The monoisotopic (exact) mass is 131 g/mol. The van der Waals surface area contributed by atoms with Gasteiger partial charge in [0.2, 0.25) is 0 Å². The summed E-state index contributed by atoms with van der Waals surface area (Å²) < 4.78 is 0. The second-order valence-electron chi connectivity index (χ2n) is 1.74. The Kier molecular flexibility index (Phi) is 1.22. The summed E-state index contributed by atoms with van der Waals surface area (Å²) in [6.45, 7) is 0. The van der Waals surface area contributed by atoms with Crippen LogP contribution in [-0.4, -0.2) is 34.2 Å². The van der Waals surface area contributed by atoms with E-state index >= 15 is 0 Å². The van der Waals surface area contributed by atoms with Crippen molar-refractivity contribution >= 4 is 11.8 Å². The first-order valence-corrected chi connectivity index (χ1v) is 2.34. The maximum Gasteiger partial charge on any atom is 0.258 e. The van der Waals surface area contributed by atoms with Crippen molar-refractivity contribution in [3.8, 4) is 0 Å². The minimum absolute atomic E-state index is 0.840. The van der Waals surface area contributed by atoms with Gasteiger partial charge in [-0.2, -0.15) is 0 Å². The Bertz CT molecular complexity index is 148. The molecule has 5 heteroatoms. The van der Waals surface area contributed by atoms with Gasteiger partial charge in [-0.1, -0.05) is 0 Å². The molecule has 0 aromatic carbocycles. The molecule has 2 unspecified atom stereocenters. The predicted octanol–water partition coefficient (Wildman–Crippen LogP) is -2.64. The molecule has 0 aliphatic carbocycles. The molecule has 0 radical (unpaired) electrons. The first kappa shape index (κ1) is 6.18. The van der Waals surface area contributed by atoms with Crippen molar-refractivity contribution in [1.82, 2.24) is 5.32 Å². The molecule has 2 amide bonds. The van der Waals surface area contributed by atoms with E-state index in [-0.39, 0.29) is 0 Å². The Hall–Kier alpha value is -0.940. The summed E-state index contributed by atoms with van der Waals surface area (Å²) >= 11 is 0. The molecule has 1 saturated heterocycles. The van der Waals surface area contributed by atoms with Crippen LogP contribution in [0.1, 0.15) is 0 Å². The van der Waals surface area contributed by atoms with Crippen LogP contribution in [0.3, 0.4) is 0 Å². The Labute approximate surface area is 50.3 Å². The second kappa shape index (κ2) is 1.78. The molecule has 0 spiro atoms. The van der Waals surface area contributed by atoms with E-state index in [1.54, 1.807) is 5.32 Å². The van der Waals surface area contributed by atoms with Crippen LogP contribution >= 0.6 is 0 Å². The number of imide groups is 1. The van der Waals surface area contributed by atoms with Crippen LogP contribution in [-0.2, 0) is 9.59 Å². The molecular weight excluding hydrogens is 126 g/mol. The van der Waals surface area contributed by atoms with Gasteiger partial charge in [0, 0.05) is 0 Å². The molecule has 1 heterocycles. The lowest BCUT2D eigenvalue weighted by Gasteiger charge is -1.97. The number of amides is 2. The van der Waals surface area contributed by atoms with Gasteiger partial charge >= 0.3 is 0 Å². The van der Waals surface area contributed by atoms with Crippen LogP contribution in [0.5, 0.6) is 0 Å². The summed E-state index contributed by atoms with van der Waals surface area (Å²) in [4.78, 5) is 20.5. The number of carbonyl (C=O) groups excluding carboxylic acids is 2. The molecule has 2 atom stereocenters. The number of aliphatic hydroxyl groups is 2. The van der Waals surface area contributed by atoms with E-state index in [0.717, 1.165) is 0 Å². The largest absolute Gasteiger partial charge is 0.380 e. The lowest BCUT2D eigenvalue weighted by Crippen LogP contribution is -2.27. The van der Waals surface area contributed by atoms with Crippen LogP contribution in [0, 0.1) is 0 Å².